The third kappa shape index (κ3) is 3.76. The zero-order valence-corrected chi connectivity index (χ0v) is 18.8. The standard InChI is InChI=1S/C24H28N4O2S/c1-16-20-23(26-19-12-4-2-9-15-28(19)24(20)30)31-21(16)22(29)25-17-10-5-6-11-18(17)27-13-7-3-8-14-27/h5-6,10-11H,2-4,7-9,12-15H2,1H3,(H,25,29). The van der Waals surface area contributed by atoms with Crippen LogP contribution >= 0.6 is 11.3 Å². The molecule has 3 aromatic rings. The second kappa shape index (κ2) is 8.46. The molecule has 0 bridgehead atoms. The van der Waals surface area contributed by atoms with Crippen molar-refractivity contribution in [3.63, 3.8) is 0 Å². The Morgan fingerprint density at radius 3 is 2.61 bits per heavy atom. The summed E-state index contributed by atoms with van der Waals surface area (Å²) in [6, 6.07) is 8.00. The second-order valence-electron chi connectivity index (χ2n) is 8.55. The van der Waals surface area contributed by atoms with Crippen LogP contribution in [-0.2, 0) is 13.0 Å². The van der Waals surface area contributed by atoms with E-state index in [0.29, 0.717) is 15.1 Å². The summed E-state index contributed by atoms with van der Waals surface area (Å²) in [5, 5.41) is 3.72. The first-order valence-electron chi connectivity index (χ1n) is 11.3. The summed E-state index contributed by atoms with van der Waals surface area (Å²) in [6.07, 6.45) is 7.63. The molecular weight excluding hydrogens is 408 g/mol. The number of aryl methyl sites for hydroxylation is 2. The molecule has 2 aliphatic heterocycles. The Morgan fingerprint density at radius 1 is 1.03 bits per heavy atom. The summed E-state index contributed by atoms with van der Waals surface area (Å²) in [5.74, 6) is 0.697. The summed E-state index contributed by atoms with van der Waals surface area (Å²) in [6.45, 7) is 4.62. The Morgan fingerprint density at radius 2 is 1.77 bits per heavy atom. The molecule has 2 aliphatic rings. The number of nitrogens with one attached hydrogen (secondary N) is 1. The zero-order chi connectivity index (χ0) is 21.4. The van der Waals surface area contributed by atoms with Crippen LogP contribution in [0.1, 0.15) is 59.6 Å². The van der Waals surface area contributed by atoms with Crippen LogP contribution in [0, 0.1) is 6.92 Å². The lowest BCUT2D eigenvalue weighted by atomic mass is 10.1. The predicted molar refractivity (Wildman–Crippen MR) is 127 cm³/mol. The van der Waals surface area contributed by atoms with Gasteiger partial charge in [-0.05, 0) is 56.7 Å². The summed E-state index contributed by atoms with van der Waals surface area (Å²) in [4.78, 5) is 34.9. The van der Waals surface area contributed by atoms with Crippen molar-refractivity contribution >= 4 is 38.8 Å². The second-order valence-corrected chi connectivity index (χ2v) is 9.55. The number of carbonyl (C=O) groups excluding carboxylic acids is 1. The number of anilines is 2. The van der Waals surface area contributed by atoms with Crippen molar-refractivity contribution < 1.29 is 4.79 Å². The number of fused-ring (bicyclic) bond motifs is 2. The number of hydrogen-bond acceptors (Lipinski definition) is 5. The summed E-state index contributed by atoms with van der Waals surface area (Å²) in [5.41, 5.74) is 2.64. The highest BCUT2D eigenvalue weighted by atomic mass is 32.1. The van der Waals surface area contributed by atoms with E-state index in [2.05, 4.69) is 16.3 Å². The molecule has 0 atom stereocenters. The first kappa shape index (κ1) is 20.2. The van der Waals surface area contributed by atoms with E-state index >= 15 is 0 Å². The Hall–Kier alpha value is -2.67. The normalized spacial score (nSPS) is 16.7. The van der Waals surface area contributed by atoms with Crippen molar-refractivity contribution in [1.29, 1.82) is 0 Å². The monoisotopic (exact) mass is 436 g/mol. The van der Waals surface area contributed by atoms with Crippen LogP contribution in [0.25, 0.3) is 10.2 Å². The minimum Gasteiger partial charge on any atom is -0.370 e. The quantitative estimate of drug-likeness (QED) is 0.644. The minimum atomic E-state index is -0.162. The van der Waals surface area contributed by atoms with Gasteiger partial charge < -0.3 is 10.2 Å². The first-order valence-corrected chi connectivity index (χ1v) is 12.1. The van der Waals surface area contributed by atoms with Crippen LogP contribution in [0.2, 0.25) is 0 Å². The lowest BCUT2D eigenvalue weighted by Crippen LogP contribution is -2.30. The minimum absolute atomic E-state index is 0.00316. The van der Waals surface area contributed by atoms with E-state index in [1.54, 1.807) is 0 Å². The van der Waals surface area contributed by atoms with E-state index in [-0.39, 0.29) is 11.5 Å². The molecule has 0 saturated carbocycles. The van der Waals surface area contributed by atoms with Crippen molar-refractivity contribution in [3.05, 3.63) is 50.9 Å². The zero-order valence-electron chi connectivity index (χ0n) is 17.9. The predicted octanol–water partition coefficient (Wildman–Crippen LogP) is 4.74. The molecule has 0 spiro atoms. The molecule has 1 amide bonds. The van der Waals surface area contributed by atoms with Gasteiger partial charge in [0.05, 0.1) is 21.6 Å². The third-order valence-corrected chi connectivity index (χ3v) is 7.65. The van der Waals surface area contributed by atoms with Crippen LogP contribution in [0.3, 0.4) is 0 Å². The van der Waals surface area contributed by atoms with Gasteiger partial charge in [-0.15, -0.1) is 11.3 Å². The van der Waals surface area contributed by atoms with Crippen LogP contribution in [0.5, 0.6) is 0 Å². The number of piperidine rings is 1. The fourth-order valence-corrected chi connectivity index (χ4v) is 5.88. The van der Waals surface area contributed by atoms with Gasteiger partial charge in [0.25, 0.3) is 11.5 Å². The molecule has 0 radical (unpaired) electrons. The summed E-state index contributed by atoms with van der Waals surface area (Å²) < 4.78 is 1.82. The van der Waals surface area contributed by atoms with E-state index < -0.39 is 0 Å². The van der Waals surface area contributed by atoms with Crippen molar-refractivity contribution in [1.82, 2.24) is 9.55 Å². The molecule has 31 heavy (non-hydrogen) atoms. The van der Waals surface area contributed by atoms with Crippen molar-refractivity contribution in [2.75, 3.05) is 23.3 Å². The molecule has 4 heterocycles. The van der Waals surface area contributed by atoms with E-state index in [1.807, 2.05) is 29.7 Å². The molecule has 1 saturated heterocycles. The maximum absolute atomic E-state index is 13.3. The van der Waals surface area contributed by atoms with Crippen molar-refractivity contribution in [2.45, 2.75) is 58.4 Å². The maximum atomic E-state index is 13.3. The lowest BCUT2D eigenvalue weighted by Gasteiger charge is -2.30. The molecule has 0 aliphatic carbocycles. The van der Waals surface area contributed by atoms with Gasteiger partial charge in [-0.2, -0.15) is 0 Å². The Kier molecular flexibility index (Phi) is 5.52. The summed E-state index contributed by atoms with van der Waals surface area (Å²) >= 11 is 1.34. The number of thiophene rings is 1. The molecule has 6 nitrogen and oxygen atoms in total. The van der Waals surface area contributed by atoms with Gasteiger partial charge in [0.15, 0.2) is 0 Å². The number of benzene rings is 1. The fourth-order valence-electron chi connectivity index (χ4n) is 4.80. The lowest BCUT2D eigenvalue weighted by molar-refractivity contribution is 0.103. The smallest absolute Gasteiger partial charge is 0.266 e. The van der Waals surface area contributed by atoms with Crippen molar-refractivity contribution in [2.24, 2.45) is 0 Å². The molecular formula is C24H28N4O2S. The van der Waals surface area contributed by atoms with E-state index in [0.717, 1.165) is 68.1 Å². The summed E-state index contributed by atoms with van der Waals surface area (Å²) in [7, 11) is 0. The van der Waals surface area contributed by atoms with Gasteiger partial charge in [0.2, 0.25) is 0 Å². The van der Waals surface area contributed by atoms with Crippen molar-refractivity contribution in [3.8, 4) is 0 Å². The number of hydrogen-bond donors (Lipinski definition) is 1. The van der Waals surface area contributed by atoms with E-state index in [1.165, 1.54) is 30.6 Å². The Balaban J connectivity index is 1.49. The number of aromatic nitrogens is 2. The number of para-hydroxylation sites is 2. The average Bonchev–Trinajstić information content (AvgIpc) is 2.95. The number of rotatable bonds is 3. The molecule has 5 rings (SSSR count). The average molecular weight is 437 g/mol. The highest BCUT2D eigenvalue weighted by molar-refractivity contribution is 7.20. The molecule has 7 heteroatoms. The van der Waals surface area contributed by atoms with E-state index in [9.17, 15) is 9.59 Å². The Labute approximate surface area is 185 Å². The maximum Gasteiger partial charge on any atom is 0.266 e. The van der Waals surface area contributed by atoms with Gasteiger partial charge in [-0.1, -0.05) is 18.6 Å². The van der Waals surface area contributed by atoms with Crippen LogP contribution < -0.4 is 15.8 Å². The molecule has 0 unspecified atom stereocenters. The van der Waals surface area contributed by atoms with Crippen LogP contribution in [-0.4, -0.2) is 28.5 Å². The fraction of sp³-hybridized carbons (Fsp3) is 0.458. The third-order valence-electron chi connectivity index (χ3n) is 6.47. The SMILES string of the molecule is Cc1c(C(=O)Nc2ccccc2N2CCCCC2)sc2nc3n(c(=O)c12)CCCCC3. The molecule has 1 fully saturated rings. The molecule has 2 aromatic heterocycles. The number of carbonyl (C=O) groups is 1. The highest BCUT2D eigenvalue weighted by Gasteiger charge is 2.23. The first-order chi connectivity index (χ1) is 15.1. The van der Waals surface area contributed by atoms with Gasteiger partial charge in [-0.25, -0.2) is 4.98 Å². The van der Waals surface area contributed by atoms with Crippen LogP contribution in [0.15, 0.2) is 29.1 Å². The Bertz CT molecular complexity index is 1190. The molecule has 1 N–H and O–H groups in total. The van der Waals surface area contributed by atoms with Gasteiger partial charge >= 0.3 is 0 Å². The van der Waals surface area contributed by atoms with Gasteiger partial charge in [0.1, 0.15) is 10.7 Å². The topological polar surface area (TPSA) is 67.2 Å². The van der Waals surface area contributed by atoms with E-state index in [4.69, 9.17) is 4.98 Å². The number of amides is 1. The molecule has 162 valence electrons. The number of nitrogens with zero attached hydrogens (tertiary/aromatic N) is 3. The molecule has 1 aromatic carbocycles. The van der Waals surface area contributed by atoms with Gasteiger partial charge in [0, 0.05) is 26.1 Å². The van der Waals surface area contributed by atoms with Gasteiger partial charge in [-0.3, -0.25) is 14.2 Å². The van der Waals surface area contributed by atoms with Crippen LogP contribution in [0.4, 0.5) is 11.4 Å². The highest BCUT2D eigenvalue weighted by Crippen LogP contribution is 2.32. The largest absolute Gasteiger partial charge is 0.370 e.